The third-order valence-corrected chi connectivity index (χ3v) is 1.92. The van der Waals surface area contributed by atoms with E-state index in [0.717, 1.165) is 6.07 Å². The number of hydrogen-bond donors (Lipinski definition) is 1. The molecule has 1 rings (SSSR count). The molecule has 78 valence electrons. The van der Waals surface area contributed by atoms with Gasteiger partial charge in [0, 0.05) is 5.56 Å². The maximum absolute atomic E-state index is 12.9. The molecule has 0 aliphatic heterocycles. The summed E-state index contributed by atoms with van der Waals surface area (Å²) in [6, 6.07) is 1.49. The zero-order valence-corrected chi connectivity index (χ0v) is 7.45. The summed E-state index contributed by atoms with van der Waals surface area (Å²) in [5.41, 5.74) is -1.64. The van der Waals surface area contributed by atoms with Gasteiger partial charge in [0.25, 0.3) is 0 Å². The van der Waals surface area contributed by atoms with E-state index in [2.05, 4.69) is 0 Å². The quantitative estimate of drug-likeness (QED) is 0.610. The topological polar surface area (TPSA) is 20.2 Å². The lowest BCUT2D eigenvalue weighted by molar-refractivity contribution is -0.210. The summed E-state index contributed by atoms with van der Waals surface area (Å²) in [6.07, 6.45) is -4.39. The van der Waals surface area contributed by atoms with Crippen molar-refractivity contribution in [2.75, 3.05) is 0 Å². The number of aliphatic hydroxyl groups is 1. The van der Waals surface area contributed by atoms with E-state index in [-0.39, 0.29) is 11.4 Å². The van der Waals surface area contributed by atoms with E-state index < -0.39 is 23.3 Å². The molecule has 0 radical (unpaired) electrons. The van der Waals surface area contributed by atoms with Gasteiger partial charge in [0.15, 0.2) is 11.6 Å². The molecule has 0 aliphatic carbocycles. The first-order valence-corrected chi connectivity index (χ1v) is 4.05. The normalized spacial score (nSPS) is 11.9. The fourth-order valence-corrected chi connectivity index (χ4v) is 1.13. The van der Waals surface area contributed by atoms with Crippen LogP contribution in [0, 0.1) is 11.6 Å². The predicted octanol–water partition coefficient (Wildman–Crippen LogP) is 2.75. The number of benzene rings is 1. The summed E-state index contributed by atoms with van der Waals surface area (Å²) >= 11 is 5.21. The molecule has 0 saturated heterocycles. The lowest BCUT2D eigenvalue weighted by atomic mass is 10.1. The Labute approximate surface area is 81.9 Å². The Morgan fingerprint density at radius 1 is 1.21 bits per heavy atom. The van der Waals surface area contributed by atoms with E-state index in [1.807, 2.05) is 0 Å². The molecule has 0 saturated carbocycles. The van der Waals surface area contributed by atoms with Gasteiger partial charge >= 0.3 is 6.11 Å². The minimum absolute atomic E-state index is 0.239. The largest absolute Gasteiger partial charge is 0.383 e. The fourth-order valence-electron chi connectivity index (χ4n) is 0.925. The molecule has 6 heteroatoms. The minimum Gasteiger partial charge on any atom is -0.332 e. The Kier molecular flexibility index (Phi) is 3.01. The van der Waals surface area contributed by atoms with Gasteiger partial charge in [0.2, 0.25) is 0 Å². The van der Waals surface area contributed by atoms with E-state index in [1.165, 1.54) is 0 Å². The van der Waals surface area contributed by atoms with Gasteiger partial charge in [0.1, 0.15) is 0 Å². The molecule has 0 fully saturated rings. The summed E-state index contributed by atoms with van der Waals surface area (Å²) in [6.45, 7) is 0. The van der Waals surface area contributed by atoms with E-state index >= 15 is 0 Å². The van der Waals surface area contributed by atoms with Crippen molar-refractivity contribution in [3.05, 3.63) is 34.9 Å². The van der Waals surface area contributed by atoms with Gasteiger partial charge < -0.3 is 5.11 Å². The van der Waals surface area contributed by atoms with Crippen LogP contribution in [0.25, 0.3) is 0 Å². The Bertz CT molecular complexity index is 348. The van der Waals surface area contributed by atoms with Crippen molar-refractivity contribution in [2.24, 2.45) is 0 Å². The first-order chi connectivity index (χ1) is 6.38. The molecule has 0 heterocycles. The third kappa shape index (κ3) is 1.99. The highest BCUT2D eigenvalue weighted by atomic mass is 35.5. The van der Waals surface area contributed by atoms with Gasteiger partial charge in [-0.05, 0) is 6.07 Å². The molecule has 14 heavy (non-hydrogen) atoms. The van der Waals surface area contributed by atoms with Crippen LogP contribution in [-0.2, 0) is 12.0 Å². The first-order valence-electron chi connectivity index (χ1n) is 3.51. The van der Waals surface area contributed by atoms with Gasteiger partial charge in [-0.2, -0.15) is 8.78 Å². The van der Waals surface area contributed by atoms with Gasteiger partial charge in [-0.15, -0.1) is 11.6 Å². The Hall–Kier alpha value is -0.810. The van der Waals surface area contributed by atoms with Gasteiger partial charge in [-0.3, -0.25) is 0 Å². The van der Waals surface area contributed by atoms with Crippen LogP contribution in [0.1, 0.15) is 11.1 Å². The van der Waals surface area contributed by atoms with Gasteiger partial charge in [-0.25, -0.2) is 8.78 Å². The molecule has 0 amide bonds. The highest BCUT2D eigenvalue weighted by Crippen LogP contribution is 2.29. The van der Waals surface area contributed by atoms with Crippen molar-refractivity contribution in [3.63, 3.8) is 0 Å². The second-order valence-electron chi connectivity index (χ2n) is 2.58. The van der Waals surface area contributed by atoms with Crippen molar-refractivity contribution in [2.45, 2.75) is 12.0 Å². The van der Waals surface area contributed by atoms with E-state index in [9.17, 15) is 17.6 Å². The Morgan fingerprint density at radius 3 is 2.21 bits per heavy atom. The average Bonchev–Trinajstić information content (AvgIpc) is 2.07. The molecule has 0 unspecified atom stereocenters. The molecule has 1 nitrogen and oxygen atoms in total. The van der Waals surface area contributed by atoms with Crippen molar-refractivity contribution in [1.29, 1.82) is 0 Å². The maximum atomic E-state index is 12.9. The summed E-state index contributed by atoms with van der Waals surface area (Å²) in [4.78, 5) is 0. The Morgan fingerprint density at radius 2 is 1.79 bits per heavy atom. The zero-order chi connectivity index (χ0) is 10.9. The van der Waals surface area contributed by atoms with Crippen LogP contribution in [0.2, 0.25) is 0 Å². The van der Waals surface area contributed by atoms with Crippen LogP contribution in [0.3, 0.4) is 0 Å². The third-order valence-electron chi connectivity index (χ3n) is 1.63. The average molecular weight is 229 g/mol. The smallest absolute Gasteiger partial charge is 0.332 e. The predicted molar refractivity (Wildman–Crippen MR) is 42.0 cm³/mol. The molecule has 1 aromatic rings. The van der Waals surface area contributed by atoms with Crippen molar-refractivity contribution in [1.82, 2.24) is 0 Å². The lowest BCUT2D eigenvalue weighted by Gasteiger charge is -2.11. The second kappa shape index (κ2) is 3.74. The molecule has 0 bridgehead atoms. The minimum atomic E-state index is -4.39. The summed E-state index contributed by atoms with van der Waals surface area (Å²) in [5, 5.41) is 8.18. The highest BCUT2D eigenvalue weighted by Gasteiger charge is 2.33. The monoisotopic (exact) mass is 228 g/mol. The summed E-state index contributed by atoms with van der Waals surface area (Å²) in [5.74, 6) is -3.58. The SMILES string of the molecule is OC(F)(F)c1ccc(CCl)c(F)c1F. The number of hydrogen-bond acceptors (Lipinski definition) is 1. The zero-order valence-electron chi connectivity index (χ0n) is 6.70. The van der Waals surface area contributed by atoms with Crippen LogP contribution in [0.4, 0.5) is 17.6 Å². The van der Waals surface area contributed by atoms with Crippen LogP contribution < -0.4 is 0 Å². The summed E-state index contributed by atoms with van der Waals surface area (Å²) in [7, 11) is 0. The molecular formula is C8H5ClF4O. The molecule has 0 atom stereocenters. The molecule has 1 N–H and O–H groups in total. The molecule has 1 aromatic carbocycles. The van der Waals surface area contributed by atoms with Gasteiger partial charge in [-0.1, -0.05) is 6.07 Å². The molecule has 0 spiro atoms. The lowest BCUT2D eigenvalue weighted by Crippen LogP contribution is -2.15. The van der Waals surface area contributed by atoms with E-state index in [4.69, 9.17) is 16.7 Å². The molecule has 0 aliphatic rings. The van der Waals surface area contributed by atoms with Crippen LogP contribution in [0.5, 0.6) is 0 Å². The van der Waals surface area contributed by atoms with Crippen molar-refractivity contribution in [3.8, 4) is 0 Å². The first kappa shape index (κ1) is 11.3. The van der Waals surface area contributed by atoms with Crippen LogP contribution >= 0.6 is 11.6 Å². The highest BCUT2D eigenvalue weighted by molar-refractivity contribution is 6.17. The molecular weight excluding hydrogens is 224 g/mol. The van der Waals surface area contributed by atoms with Crippen molar-refractivity contribution >= 4 is 11.6 Å². The standard InChI is InChI=1S/C8H5ClF4O/c9-3-4-1-2-5(8(12,13)14)7(11)6(4)10/h1-2,14H,3H2. The van der Waals surface area contributed by atoms with Crippen molar-refractivity contribution < 1.29 is 22.7 Å². The summed E-state index contributed by atoms with van der Waals surface area (Å²) < 4.78 is 50.3. The fraction of sp³-hybridized carbons (Fsp3) is 0.250. The molecule has 0 aromatic heterocycles. The number of rotatable bonds is 2. The van der Waals surface area contributed by atoms with E-state index in [1.54, 1.807) is 0 Å². The van der Waals surface area contributed by atoms with Gasteiger partial charge in [0.05, 0.1) is 11.4 Å². The van der Waals surface area contributed by atoms with Crippen LogP contribution in [-0.4, -0.2) is 5.11 Å². The maximum Gasteiger partial charge on any atom is 0.383 e. The van der Waals surface area contributed by atoms with Crippen LogP contribution in [0.15, 0.2) is 12.1 Å². The second-order valence-corrected chi connectivity index (χ2v) is 2.84. The Balaban J connectivity index is 3.31. The number of halogens is 5. The number of alkyl halides is 3. The van der Waals surface area contributed by atoms with E-state index in [0.29, 0.717) is 6.07 Å².